The van der Waals surface area contributed by atoms with Crippen molar-refractivity contribution in [1.82, 2.24) is 9.88 Å². The highest BCUT2D eigenvalue weighted by molar-refractivity contribution is 5.92. The molecule has 2 aliphatic rings. The van der Waals surface area contributed by atoms with Crippen LogP contribution in [0.5, 0.6) is 5.75 Å². The number of nitrogens with one attached hydrogen (secondary N) is 1. The van der Waals surface area contributed by atoms with Crippen LogP contribution in [0, 0.1) is 29.6 Å². The van der Waals surface area contributed by atoms with Crippen LogP contribution >= 0.6 is 0 Å². The molecule has 3 aromatic rings. The highest BCUT2D eigenvalue weighted by Gasteiger charge is 2.49. The van der Waals surface area contributed by atoms with E-state index in [9.17, 15) is 10.1 Å². The van der Waals surface area contributed by atoms with Gasteiger partial charge in [0.05, 0.1) is 13.2 Å². The van der Waals surface area contributed by atoms with Gasteiger partial charge in [0, 0.05) is 46.7 Å². The Morgan fingerprint density at radius 2 is 2.03 bits per heavy atom. The summed E-state index contributed by atoms with van der Waals surface area (Å²) in [6.07, 6.45) is 6.09. The van der Waals surface area contributed by atoms with Gasteiger partial charge in [0.1, 0.15) is 5.75 Å². The highest BCUT2D eigenvalue weighted by atomic mass is 16.5. The predicted octanol–water partition coefficient (Wildman–Crippen LogP) is 4.84. The molecule has 1 atom stereocenters. The Labute approximate surface area is 194 Å². The fourth-order valence-electron chi connectivity index (χ4n) is 6.00. The molecule has 1 aromatic heterocycles. The van der Waals surface area contributed by atoms with E-state index in [2.05, 4.69) is 35.0 Å². The summed E-state index contributed by atoms with van der Waals surface area (Å²) in [6.45, 7) is 3.84. The number of rotatable bonds is 5. The van der Waals surface area contributed by atoms with E-state index in [0.29, 0.717) is 5.56 Å². The number of primary amides is 1. The van der Waals surface area contributed by atoms with Crippen LogP contribution in [0.2, 0.25) is 0 Å². The van der Waals surface area contributed by atoms with E-state index in [1.807, 2.05) is 30.5 Å². The summed E-state index contributed by atoms with van der Waals surface area (Å²) in [4.78, 5) is 17.5. The number of fused-ring (bicyclic) bond motifs is 1. The molecule has 0 unspecified atom stereocenters. The van der Waals surface area contributed by atoms with Gasteiger partial charge >= 0.3 is 0 Å². The van der Waals surface area contributed by atoms with Gasteiger partial charge in [0.15, 0.2) is 0 Å². The first-order chi connectivity index (χ1) is 15.9. The third-order valence-electron chi connectivity index (χ3n) is 7.81. The highest BCUT2D eigenvalue weighted by Crippen LogP contribution is 2.56. The van der Waals surface area contributed by atoms with Crippen molar-refractivity contribution in [3.05, 3.63) is 64.8 Å². The minimum absolute atomic E-state index is 0.186. The lowest BCUT2D eigenvalue weighted by Crippen LogP contribution is -2.48. The fourth-order valence-corrected chi connectivity index (χ4v) is 6.00. The van der Waals surface area contributed by atoms with E-state index in [4.69, 9.17) is 10.5 Å². The average molecular weight is 443 g/mol. The molecule has 1 saturated heterocycles. The largest absolute Gasteiger partial charge is 0.496 e. The number of nitriles is 1. The number of hydrogen-bond donors (Lipinski definition) is 2. The smallest absolute Gasteiger partial charge is 0.248 e. The van der Waals surface area contributed by atoms with Crippen molar-refractivity contribution < 1.29 is 9.53 Å². The second kappa shape index (κ2) is 8.24. The number of benzene rings is 2. The van der Waals surface area contributed by atoms with E-state index >= 15 is 0 Å². The Morgan fingerprint density at radius 1 is 1.27 bits per heavy atom. The van der Waals surface area contributed by atoms with Crippen LogP contribution in [0.15, 0.2) is 42.6 Å². The first kappa shape index (κ1) is 21.5. The molecule has 1 aliphatic heterocycles. The van der Waals surface area contributed by atoms with Crippen LogP contribution in [0.25, 0.3) is 10.9 Å². The number of likely N-dealkylation sites (tertiary alicyclic amines) is 1. The summed E-state index contributed by atoms with van der Waals surface area (Å²) in [7, 11) is 1.73. The molecular weight excluding hydrogens is 412 g/mol. The molecule has 0 bridgehead atoms. The molecule has 2 aromatic carbocycles. The van der Waals surface area contributed by atoms with Gasteiger partial charge in [-0.05, 0) is 80.0 Å². The summed E-state index contributed by atoms with van der Waals surface area (Å²) in [5.41, 5.74) is 10.9. The molecule has 2 heterocycles. The van der Waals surface area contributed by atoms with E-state index in [0.717, 1.165) is 50.0 Å². The Bertz CT molecular complexity index is 1230. The molecule has 1 aliphatic carbocycles. The predicted molar refractivity (Wildman–Crippen MR) is 128 cm³/mol. The number of aromatic amines is 1. The molecular formula is C27H30N4O2. The summed E-state index contributed by atoms with van der Waals surface area (Å²) in [5.74, 6) is 0.690. The number of aryl methyl sites for hydroxylation is 1. The molecule has 1 spiro atoms. The van der Waals surface area contributed by atoms with Gasteiger partial charge in [0.2, 0.25) is 5.91 Å². The van der Waals surface area contributed by atoms with Crippen molar-refractivity contribution >= 4 is 16.8 Å². The second-order valence-corrected chi connectivity index (χ2v) is 9.80. The average Bonchev–Trinajstić information content (AvgIpc) is 3.30. The Morgan fingerprint density at radius 3 is 2.70 bits per heavy atom. The molecule has 170 valence electrons. The van der Waals surface area contributed by atoms with Crippen LogP contribution in [0.3, 0.4) is 0 Å². The van der Waals surface area contributed by atoms with Gasteiger partial charge < -0.3 is 15.5 Å². The van der Waals surface area contributed by atoms with E-state index in [1.165, 1.54) is 22.1 Å². The summed E-state index contributed by atoms with van der Waals surface area (Å²) < 4.78 is 5.80. The molecule has 6 nitrogen and oxygen atoms in total. The van der Waals surface area contributed by atoms with Gasteiger partial charge in [-0.2, -0.15) is 5.26 Å². The fraction of sp³-hybridized carbons (Fsp3) is 0.407. The number of aromatic nitrogens is 1. The van der Waals surface area contributed by atoms with Crippen molar-refractivity contribution in [2.75, 3.05) is 13.7 Å². The van der Waals surface area contributed by atoms with Gasteiger partial charge in [-0.25, -0.2) is 0 Å². The number of piperidine rings is 1. The number of methoxy groups -OCH3 is 1. The lowest BCUT2D eigenvalue weighted by molar-refractivity contribution is -0.0298. The van der Waals surface area contributed by atoms with Gasteiger partial charge in [-0.3, -0.25) is 9.69 Å². The minimum Gasteiger partial charge on any atom is -0.496 e. The molecule has 6 heteroatoms. The number of carbonyl (C=O) groups is 1. The normalized spacial score (nSPS) is 25.0. The SMILES string of the molecule is COc1cc(C)c2[nH]ccc2c1CN1CCC2(CC(C#N)C2)C[C@H]1c1ccc(C(N)=O)cc1. The topological polar surface area (TPSA) is 95.1 Å². The van der Waals surface area contributed by atoms with Crippen molar-refractivity contribution in [2.45, 2.75) is 45.2 Å². The van der Waals surface area contributed by atoms with E-state index < -0.39 is 5.91 Å². The van der Waals surface area contributed by atoms with Crippen molar-refractivity contribution in [3.8, 4) is 11.8 Å². The lowest BCUT2D eigenvalue weighted by atomic mass is 9.56. The van der Waals surface area contributed by atoms with Gasteiger partial charge in [-0.1, -0.05) is 12.1 Å². The van der Waals surface area contributed by atoms with Crippen molar-refractivity contribution in [2.24, 2.45) is 17.1 Å². The van der Waals surface area contributed by atoms with Gasteiger partial charge in [-0.15, -0.1) is 0 Å². The summed E-state index contributed by atoms with van der Waals surface area (Å²) in [5, 5.41) is 10.5. The maximum absolute atomic E-state index is 11.6. The standard InChI is InChI=1S/C27H30N4O2/c1-17-11-24(33-2)22(21-7-9-30-25(17)21)16-31-10-8-27(12-18(13-27)15-28)14-23(31)19-3-5-20(6-4-19)26(29)32/h3-7,9,11,18,23,30H,8,10,12-14,16H2,1-2H3,(H2,29,32)/t18?,23-,27?/m0/s1. The van der Waals surface area contributed by atoms with Crippen LogP contribution in [-0.2, 0) is 6.54 Å². The van der Waals surface area contributed by atoms with E-state index in [-0.39, 0.29) is 17.4 Å². The number of H-pyrrole nitrogens is 1. The van der Waals surface area contributed by atoms with Gasteiger partial charge in [0.25, 0.3) is 0 Å². The zero-order valence-electron chi connectivity index (χ0n) is 19.2. The molecule has 1 amide bonds. The number of carbonyl (C=O) groups excluding carboxylic acids is 1. The molecule has 33 heavy (non-hydrogen) atoms. The van der Waals surface area contributed by atoms with Crippen molar-refractivity contribution in [1.29, 1.82) is 5.26 Å². The molecule has 5 rings (SSSR count). The quantitative estimate of drug-likeness (QED) is 0.591. The molecule has 0 radical (unpaired) electrons. The zero-order valence-corrected chi connectivity index (χ0v) is 19.2. The second-order valence-electron chi connectivity index (χ2n) is 9.80. The first-order valence-electron chi connectivity index (χ1n) is 11.6. The molecule has 2 fully saturated rings. The monoisotopic (exact) mass is 442 g/mol. The summed E-state index contributed by atoms with van der Waals surface area (Å²) >= 11 is 0. The molecule has 3 N–H and O–H groups in total. The van der Waals surface area contributed by atoms with E-state index in [1.54, 1.807) is 7.11 Å². The number of hydrogen-bond acceptors (Lipinski definition) is 4. The van der Waals surface area contributed by atoms with Crippen LogP contribution in [-0.4, -0.2) is 29.4 Å². The Kier molecular flexibility index (Phi) is 5.38. The summed E-state index contributed by atoms with van der Waals surface area (Å²) in [6, 6.07) is 14.6. The minimum atomic E-state index is -0.409. The number of amides is 1. The Hall–Kier alpha value is -3.30. The van der Waals surface area contributed by atoms with Crippen LogP contribution < -0.4 is 10.5 Å². The van der Waals surface area contributed by atoms with Crippen LogP contribution in [0.1, 0.15) is 58.8 Å². The van der Waals surface area contributed by atoms with Crippen LogP contribution in [0.4, 0.5) is 0 Å². The molecule has 1 saturated carbocycles. The Balaban J connectivity index is 1.50. The lowest BCUT2D eigenvalue weighted by Gasteiger charge is -2.53. The third kappa shape index (κ3) is 3.77. The maximum Gasteiger partial charge on any atom is 0.248 e. The number of ether oxygens (including phenoxy) is 1. The first-order valence-corrected chi connectivity index (χ1v) is 11.6. The maximum atomic E-state index is 11.6. The number of nitrogens with two attached hydrogens (primary N) is 1. The third-order valence-corrected chi connectivity index (χ3v) is 7.81. The number of nitrogens with zero attached hydrogens (tertiary/aromatic N) is 2. The zero-order chi connectivity index (χ0) is 23.2. The van der Waals surface area contributed by atoms with Crippen molar-refractivity contribution in [3.63, 3.8) is 0 Å².